The zero-order valence-electron chi connectivity index (χ0n) is 11.2. The summed E-state index contributed by atoms with van der Waals surface area (Å²) >= 11 is 3.12. The molecule has 0 unspecified atom stereocenters. The molecule has 0 fully saturated rings. The lowest BCUT2D eigenvalue weighted by Crippen LogP contribution is -2.04. The first-order valence-electron chi connectivity index (χ1n) is 6.13. The van der Waals surface area contributed by atoms with Crippen molar-refractivity contribution in [2.75, 3.05) is 7.11 Å². The van der Waals surface area contributed by atoms with Crippen LogP contribution in [0.5, 0.6) is 5.75 Å². The Labute approximate surface area is 125 Å². The van der Waals surface area contributed by atoms with Crippen LogP contribution in [-0.2, 0) is 6.42 Å². The molecule has 2 nitrogen and oxygen atoms in total. The lowest BCUT2D eigenvalue weighted by molar-refractivity contribution is 0.0992. The van der Waals surface area contributed by atoms with Crippen molar-refractivity contribution in [3.63, 3.8) is 0 Å². The highest BCUT2D eigenvalue weighted by atomic mass is 79.9. The number of carbonyl (C=O) groups is 1. The van der Waals surface area contributed by atoms with Crippen molar-refractivity contribution in [2.24, 2.45) is 0 Å². The quantitative estimate of drug-likeness (QED) is 0.776. The third kappa shape index (κ3) is 3.25. The molecule has 0 aliphatic rings. The summed E-state index contributed by atoms with van der Waals surface area (Å²) in [6, 6.07) is 9.95. The molecule has 2 aromatic rings. The van der Waals surface area contributed by atoms with Gasteiger partial charge in [0.25, 0.3) is 0 Å². The second-order valence-electron chi connectivity index (χ2n) is 4.53. The van der Waals surface area contributed by atoms with Crippen LogP contribution in [-0.4, -0.2) is 12.9 Å². The summed E-state index contributed by atoms with van der Waals surface area (Å²) in [4.78, 5) is 12.2. The molecule has 2 aromatic carbocycles. The molecule has 4 heteroatoms. The van der Waals surface area contributed by atoms with Crippen LogP contribution in [0.15, 0.2) is 40.9 Å². The SMILES string of the molecule is COc1cc(C(=O)Cc2ccc(F)c(Br)c2)ccc1C. The zero-order chi connectivity index (χ0) is 14.7. The fourth-order valence-electron chi connectivity index (χ4n) is 1.93. The van der Waals surface area contributed by atoms with E-state index in [1.807, 2.05) is 13.0 Å². The third-order valence-corrected chi connectivity index (χ3v) is 3.69. The Morgan fingerprint density at radius 1 is 1.25 bits per heavy atom. The largest absolute Gasteiger partial charge is 0.496 e. The summed E-state index contributed by atoms with van der Waals surface area (Å²) in [5, 5.41) is 0. The van der Waals surface area contributed by atoms with E-state index in [0.717, 1.165) is 11.1 Å². The van der Waals surface area contributed by atoms with Crippen molar-refractivity contribution in [1.82, 2.24) is 0 Å². The molecule has 0 aromatic heterocycles. The fraction of sp³-hybridized carbons (Fsp3) is 0.188. The van der Waals surface area contributed by atoms with Gasteiger partial charge >= 0.3 is 0 Å². The van der Waals surface area contributed by atoms with Gasteiger partial charge in [0.2, 0.25) is 0 Å². The summed E-state index contributed by atoms with van der Waals surface area (Å²) in [5.74, 6) is 0.330. The maximum Gasteiger partial charge on any atom is 0.167 e. The third-order valence-electron chi connectivity index (χ3n) is 3.08. The molecule has 0 N–H and O–H groups in total. The van der Waals surface area contributed by atoms with E-state index in [2.05, 4.69) is 15.9 Å². The number of rotatable bonds is 4. The van der Waals surface area contributed by atoms with Crippen LogP contribution in [0.1, 0.15) is 21.5 Å². The molecular weight excluding hydrogens is 323 g/mol. The van der Waals surface area contributed by atoms with Crippen LogP contribution < -0.4 is 4.74 Å². The molecule has 0 aliphatic heterocycles. The first-order chi connectivity index (χ1) is 9.51. The van der Waals surface area contributed by atoms with Gasteiger partial charge in [0.15, 0.2) is 5.78 Å². The lowest BCUT2D eigenvalue weighted by atomic mass is 10.0. The van der Waals surface area contributed by atoms with Gasteiger partial charge < -0.3 is 4.74 Å². The molecule has 0 atom stereocenters. The predicted molar refractivity (Wildman–Crippen MR) is 79.9 cm³/mol. The topological polar surface area (TPSA) is 26.3 Å². The van der Waals surface area contributed by atoms with Crippen molar-refractivity contribution in [3.05, 3.63) is 63.4 Å². The van der Waals surface area contributed by atoms with Gasteiger partial charge in [-0.05, 0) is 52.2 Å². The molecule has 20 heavy (non-hydrogen) atoms. The molecule has 0 aliphatic carbocycles. The Bertz CT molecular complexity index is 653. The maximum atomic E-state index is 13.2. The average molecular weight is 337 g/mol. The number of benzene rings is 2. The second kappa shape index (κ2) is 6.18. The van der Waals surface area contributed by atoms with E-state index in [4.69, 9.17) is 4.74 Å². The number of Topliss-reactive ketones (excluding diaryl/α,β-unsaturated/α-hetero) is 1. The Morgan fingerprint density at radius 2 is 2.00 bits per heavy atom. The highest BCUT2D eigenvalue weighted by Gasteiger charge is 2.10. The van der Waals surface area contributed by atoms with Crippen LogP contribution >= 0.6 is 15.9 Å². The van der Waals surface area contributed by atoms with E-state index in [1.54, 1.807) is 31.4 Å². The highest BCUT2D eigenvalue weighted by molar-refractivity contribution is 9.10. The summed E-state index contributed by atoms with van der Waals surface area (Å²) in [6.07, 6.45) is 0.227. The number of ether oxygens (including phenoxy) is 1. The second-order valence-corrected chi connectivity index (χ2v) is 5.39. The standard InChI is InChI=1S/C16H14BrFO2/c1-10-3-5-12(9-16(10)20-2)15(19)8-11-4-6-14(18)13(17)7-11/h3-7,9H,8H2,1-2H3. The van der Waals surface area contributed by atoms with Crippen molar-refractivity contribution in [1.29, 1.82) is 0 Å². The van der Waals surface area contributed by atoms with Gasteiger partial charge in [0.1, 0.15) is 11.6 Å². The van der Waals surface area contributed by atoms with E-state index in [1.165, 1.54) is 6.07 Å². The molecule has 0 heterocycles. The van der Waals surface area contributed by atoms with Gasteiger partial charge in [0.05, 0.1) is 11.6 Å². The van der Waals surface area contributed by atoms with Gasteiger partial charge in [0, 0.05) is 12.0 Å². The monoisotopic (exact) mass is 336 g/mol. The number of halogens is 2. The summed E-state index contributed by atoms with van der Waals surface area (Å²) in [5.41, 5.74) is 2.34. The number of carbonyl (C=O) groups excluding carboxylic acids is 1. The fourth-order valence-corrected chi connectivity index (χ4v) is 2.36. The number of hydrogen-bond donors (Lipinski definition) is 0. The summed E-state index contributed by atoms with van der Waals surface area (Å²) < 4.78 is 18.7. The smallest absolute Gasteiger partial charge is 0.167 e. The number of ketones is 1. The molecule has 2 rings (SSSR count). The number of methoxy groups -OCH3 is 1. The summed E-state index contributed by atoms with van der Waals surface area (Å²) in [6.45, 7) is 1.92. The highest BCUT2D eigenvalue weighted by Crippen LogP contribution is 2.21. The van der Waals surface area contributed by atoms with Crippen molar-refractivity contribution >= 4 is 21.7 Å². The van der Waals surface area contributed by atoms with E-state index >= 15 is 0 Å². The molecule has 0 amide bonds. The van der Waals surface area contributed by atoms with E-state index < -0.39 is 0 Å². The van der Waals surface area contributed by atoms with Gasteiger partial charge in [-0.15, -0.1) is 0 Å². The van der Waals surface area contributed by atoms with Crippen LogP contribution in [0.3, 0.4) is 0 Å². The minimum absolute atomic E-state index is 0.0261. The zero-order valence-corrected chi connectivity index (χ0v) is 12.8. The van der Waals surface area contributed by atoms with Crippen LogP contribution in [0.4, 0.5) is 4.39 Å². The molecule has 0 radical (unpaired) electrons. The van der Waals surface area contributed by atoms with Gasteiger partial charge in [-0.3, -0.25) is 4.79 Å². The minimum atomic E-state index is -0.335. The Kier molecular flexibility index (Phi) is 4.55. The number of hydrogen-bond acceptors (Lipinski definition) is 2. The lowest BCUT2D eigenvalue weighted by Gasteiger charge is -2.07. The van der Waals surface area contributed by atoms with Crippen LogP contribution in [0, 0.1) is 12.7 Å². The maximum absolute atomic E-state index is 13.2. The Hall–Kier alpha value is -1.68. The van der Waals surface area contributed by atoms with E-state index in [-0.39, 0.29) is 18.0 Å². The molecular formula is C16H14BrFO2. The molecule has 0 saturated carbocycles. The minimum Gasteiger partial charge on any atom is -0.496 e. The summed E-state index contributed by atoms with van der Waals surface area (Å²) in [7, 11) is 1.58. The van der Waals surface area contributed by atoms with Gasteiger partial charge in [-0.25, -0.2) is 4.39 Å². The normalized spacial score (nSPS) is 10.4. The first kappa shape index (κ1) is 14.7. The van der Waals surface area contributed by atoms with Gasteiger partial charge in [-0.2, -0.15) is 0 Å². The molecule has 0 spiro atoms. The predicted octanol–water partition coefficient (Wildman–Crippen LogP) is 4.33. The van der Waals surface area contributed by atoms with Crippen molar-refractivity contribution in [2.45, 2.75) is 13.3 Å². The molecule has 0 bridgehead atoms. The molecule has 104 valence electrons. The Morgan fingerprint density at radius 3 is 2.65 bits per heavy atom. The first-order valence-corrected chi connectivity index (χ1v) is 6.92. The van der Waals surface area contributed by atoms with Crippen LogP contribution in [0.2, 0.25) is 0 Å². The van der Waals surface area contributed by atoms with Crippen molar-refractivity contribution < 1.29 is 13.9 Å². The van der Waals surface area contributed by atoms with Crippen molar-refractivity contribution in [3.8, 4) is 5.75 Å². The van der Waals surface area contributed by atoms with Crippen LogP contribution in [0.25, 0.3) is 0 Å². The van der Waals surface area contributed by atoms with E-state index in [0.29, 0.717) is 15.8 Å². The van der Waals surface area contributed by atoms with Gasteiger partial charge in [-0.1, -0.05) is 18.2 Å². The average Bonchev–Trinajstić information content (AvgIpc) is 2.43. The number of aryl methyl sites for hydroxylation is 1. The Balaban J connectivity index is 2.21. The van der Waals surface area contributed by atoms with E-state index in [9.17, 15) is 9.18 Å². The molecule has 0 saturated heterocycles.